The van der Waals surface area contributed by atoms with Crippen LogP contribution in [0.25, 0.3) is 0 Å². The molecule has 6 nitrogen and oxygen atoms in total. The monoisotopic (exact) mass is 1220 g/mol. The third-order valence-electron chi connectivity index (χ3n) is 19.0. The molecule has 0 heterocycles. The van der Waals surface area contributed by atoms with Gasteiger partial charge >= 0.3 is 5.97 Å². The Hall–Kier alpha value is -1.66. The molecule has 0 aromatic rings. The minimum Gasteiger partial charge on any atom is -0.466 e. The summed E-state index contributed by atoms with van der Waals surface area (Å²) in [6.07, 6.45) is 98.6. The molecule has 0 aliphatic rings. The van der Waals surface area contributed by atoms with Gasteiger partial charge < -0.3 is 20.3 Å². The van der Waals surface area contributed by atoms with E-state index in [1.54, 1.807) is 0 Å². The molecule has 0 radical (unpaired) electrons. The fourth-order valence-corrected chi connectivity index (χ4v) is 12.9. The number of carbonyl (C=O) groups is 2. The summed E-state index contributed by atoms with van der Waals surface area (Å²) in [6, 6.07) is -0.538. The Labute approximate surface area is 545 Å². The topological polar surface area (TPSA) is 95.9 Å². The minimum absolute atomic E-state index is 0.0252. The van der Waals surface area contributed by atoms with Crippen LogP contribution in [0.3, 0.4) is 0 Å². The molecule has 0 saturated carbocycles. The third kappa shape index (κ3) is 73.3. The van der Waals surface area contributed by atoms with Crippen molar-refractivity contribution in [3.63, 3.8) is 0 Å². The maximum absolute atomic E-state index is 12.5. The number of ether oxygens (including phenoxy) is 1. The van der Waals surface area contributed by atoms with E-state index in [-0.39, 0.29) is 18.5 Å². The van der Waals surface area contributed by atoms with E-state index >= 15 is 0 Å². The van der Waals surface area contributed by atoms with Crippen molar-refractivity contribution in [2.45, 2.75) is 469 Å². The van der Waals surface area contributed by atoms with Crippen molar-refractivity contribution in [3.8, 4) is 0 Å². The van der Waals surface area contributed by atoms with Crippen molar-refractivity contribution in [1.29, 1.82) is 0 Å². The number of hydrogen-bond donors (Lipinski definition) is 3. The highest BCUT2D eigenvalue weighted by atomic mass is 16.5. The number of carbonyl (C=O) groups excluding carboxylic acids is 2. The van der Waals surface area contributed by atoms with Crippen molar-refractivity contribution >= 4 is 11.9 Å². The molecule has 0 aliphatic carbocycles. The van der Waals surface area contributed by atoms with Crippen molar-refractivity contribution in [2.75, 3.05) is 13.2 Å². The van der Waals surface area contributed by atoms with E-state index in [4.69, 9.17) is 4.74 Å². The maximum Gasteiger partial charge on any atom is 0.305 e. The number of nitrogens with one attached hydrogen (secondary N) is 1. The van der Waals surface area contributed by atoms with E-state index in [1.807, 2.05) is 0 Å². The predicted molar refractivity (Wildman–Crippen MR) is 384 cm³/mol. The van der Waals surface area contributed by atoms with Gasteiger partial charge in [0.15, 0.2) is 0 Å². The van der Waals surface area contributed by atoms with Crippen LogP contribution in [0.15, 0.2) is 24.3 Å². The smallest absolute Gasteiger partial charge is 0.305 e. The zero-order valence-electron chi connectivity index (χ0n) is 59.3. The van der Waals surface area contributed by atoms with Crippen molar-refractivity contribution in [3.05, 3.63) is 24.3 Å². The van der Waals surface area contributed by atoms with Crippen LogP contribution in [-0.2, 0) is 14.3 Å². The summed E-state index contributed by atoms with van der Waals surface area (Å²) in [5, 5.41) is 23.3. The lowest BCUT2D eigenvalue weighted by atomic mass is 10.0. The average Bonchev–Trinajstić information content (AvgIpc) is 3.53. The molecule has 0 aromatic carbocycles. The Morgan fingerprint density at radius 3 is 0.874 bits per heavy atom. The molecule has 0 fully saturated rings. The summed E-state index contributed by atoms with van der Waals surface area (Å²) in [5.41, 5.74) is 0. The molecule has 0 bridgehead atoms. The van der Waals surface area contributed by atoms with Gasteiger partial charge in [-0.1, -0.05) is 411 Å². The largest absolute Gasteiger partial charge is 0.466 e. The van der Waals surface area contributed by atoms with Gasteiger partial charge in [0.25, 0.3) is 0 Å². The molecule has 2 atom stereocenters. The molecule has 87 heavy (non-hydrogen) atoms. The van der Waals surface area contributed by atoms with E-state index < -0.39 is 12.1 Å². The van der Waals surface area contributed by atoms with Gasteiger partial charge in [0, 0.05) is 12.8 Å². The SMILES string of the molecule is CCCCCCCCCCCCCCCCCCCC(=O)OCCCCCCCCCCCCCCCCC/C=C\C/C=C\CCCCCCCCCCCCCCCCCCCC(=O)NC(CO)C(O)CCCCCCCCCCCCCCCC. The maximum atomic E-state index is 12.5. The number of aliphatic hydroxyl groups excluding tert-OH is 2. The van der Waals surface area contributed by atoms with E-state index in [2.05, 4.69) is 43.5 Å². The van der Waals surface area contributed by atoms with Crippen molar-refractivity contribution in [2.24, 2.45) is 0 Å². The second-order valence-electron chi connectivity index (χ2n) is 27.8. The number of esters is 1. The van der Waals surface area contributed by atoms with Gasteiger partial charge in [0.05, 0.1) is 25.4 Å². The molecule has 1 amide bonds. The highest BCUT2D eigenvalue weighted by Crippen LogP contribution is 2.20. The molecular formula is C81H157NO5. The van der Waals surface area contributed by atoms with Gasteiger partial charge in [-0.3, -0.25) is 9.59 Å². The normalized spacial score (nSPS) is 12.6. The van der Waals surface area contributed by atoms with Gasteiger partial charge in [-0.2, -0.15) is 0 Å². The molecule has 516 valence electrons. The molecule has 0 rings (SSSR count). The van der Waals surface area contributed by atoms with Gasteiger partial charge in [0.1, 0.15) is 0 Å². The second-order valence-corrected chi connectivity index (χ2v) is 27.8. The Balaban J connectivity index is 3.33. The highest BCUT2D eigenvalue weighted by Gasteiger charge is 2.20. The lowest BCUT2D eigenvalue weighted by molar-refractivity contribution is -0.143. The molecule has 6 heteroatoms. The molecule has 0 spiro atoms. The summed E-state index contributed by atoms with van der Waals surface area (Å²) >= 11 is 0. The van der Waals surface area contributed by atoms with Gasteiger partial charge in [-0.15, -0.1) is 0 Å². The molecule has 3 N–H and O–H groups in total. The van der Waals surface area contributed by atoms with Crippen LogP contribution in [-0.4, -0.2) is 47.4 Å². The van der Waals surface area contributed by atoms with Gasteiger partial charge in [-0.25, -0.2) is 0 Å². The van der Waals surface area contributed by atoms with Crippen molar-refractivity contribution < 1.29 is 24.5 Å². The Kier molecular flexibility index (Phi) is 75.3. The number of allylic oxidation sites excluding steroid dienone is 4. The lowest BCUT2D eigenvalue weighted by Gasteiger charge is -2.22. The number of rotatable bonds is 76. The summed E-state index contributed by atoms with van der Waals surface area (Å²) in [7, 11) is 0. The van der Waals surface area contributed by atoms with E-state index in [0.29, 0.717) is 25.9 Å². The number of aliphatic hydroxyl groups is 2. The van der Waals surface area contributed by atoms with Crippen LogP contribution in [0.1, 0.15) is 457 Å². The third-order valence-corrected chi connectivity index (χ3v) is 19.0. The molecule has 0 aliphatic heterocycles. The summed E-state index contributed by atoms with van der Waals surface area (Å²) < 4.78 is 5.51. The predicted octanol–water partition coefficient (Wildman–Crippen LogP) is 26.4. The Morgan fingerprint density at radius 1 is 0.322 bits per heavy atom. The second kappa shape index (κ2) is 76.8. The summed E-state index contributed by atoms with van der Waals surface area (Å²) in [4.78, 5) is 24.6. The first-order valence-electron chi connectivity index (χ1n) is 40.1. The number of unbranched alkanes of at least 4 members (excludes halogenated alkanes) is 61. The standard InChI is InChI=1S/C81H157NO5/c1-3-5-7-9-11-13-15-17-19-43-47-51-55-59-63-67-71-75-81(86)87-76-72-68-64-60-56-52-48-45-42-40-38-36-34-32-30-28-26-24-22-20-21-23-25-27-29-31-33-35-37-39-41-44-46-50-54-58-62-66-70-74-80(85)82-78(77-83)79(84)73-69-65-61-57-53-49-18-16-14-12-10-8-6-4-2/h20-21,24,26,78-79,83-84H,3-19,22-23,25,27-77H2,1-2H3,(H,82,85)/b21-20-,26-24-. The van der Waals surface area contributed by atoms with Crippen LogP contribution in [0.5, 0.6) is 0 Å². The van der Waals surface area contributed by atoms with Gasteiger partial charge in [0.2, 0.25) is 5.91 Å². The fraction of sp³-hybridized carbons (Fsp3) is 0.926. The Morgan fingerprint density at radius 2 is 0.575 bits per heavy atom. The van der Waals surface area contributed by atoms with E-state index in [9.17, 15) is 19.8 Å². The quantitative estimate of drug-likeness (QED) is 0.0320. The zero-order valence-corrected chi connectivity index (χ0v) is 59.3. The number of hydrogen-bond acceptors (Lipinski definition) is 5. The molecule has 2 unspecified atom stereocenters. The first kappa shape index (κ1) is 85.3. The molecule has 0 saturated heterocycles. The summed E-state index contributed by atoms with van der Waals surface area (Å²) in [5.74, 6) is -0.00353. The van der Waals surface area contributed by atoms with Crippen LogP contribution >= 0.6 is 0 Å². The summed E-state index contributed by atoms with van der Waals surface area (Å²) in [6.45, 7) is 5.00. The van der Waals surface area contributed by atoms with E-state index in [1.165, 1.54) is 379 Å². The van der Waals surface area contributed by atoms with Gasteiger partial charge in [-0.05, 0) is 57.8 Å². The van der Waals surface area contributed by atoms with Crippen molar-refractivity contribution in [1.82, 2.24) is 5.32 Å². The van der Waals surface area contributed by atoms with Crippen LogP contribution in [0.2, 0.25) is 0 Å². The first-order valence-corrected chi connectivity index (χ1v) is 40.1. The Bertz CT molecular complexity index is 1360. The first-order chi connectivity index (χ1) is 43.0. The fourth-order valence-electron chi connectivity index (χ4n) is 12.9. The zero-order chi connectivity index (χ0) is 62.8. The van der Waals surface area contributed by atoms with Crippen LogP contribution < -0.4 is 5.32 Å². The van der Waals surface area contributed by atoms with Crippen LogP contribution in [0, 0.1) is 0 Å². The average molecular weight is 1230 g/mol. The molecular weight excluding hydrogens is 1070 g/mol. The minimum atomic E-state index is -0.661. The lowest BCUT2D eigenvalue weighted by Crippen LogP contribution is -2.45. The highest BCUT2D eigenvalue weighted by molar-refractivity contribution is 5.76. The van der Waals surface area contributed by atoms with E-state index in [0.717, 1.165) is 44.9 Å². The van der Waals surface area contributed by atoms with Crippen LogP contribution in [0.4, 0.5) is 0 Å². The number of amides is 1. The molecule has 0 aromatic heterocycles.